The molecule has 1 aromatic carbocycles. The minimum atomic E-state index is 0.0627. The molecule has 0 atom stereocenters. The van der Waals surface area contributed by atoms with E-state index in [1.807, 2.05) is 44.2 Å². The van der Waals surface area contributed by atoms with Crippen molar-refractivity contribution in [3.8, 4) is 0 Å². The Morgan fingerprint density at radius 3 is 2.79 bits per heavy atom. The van der Waals surface area contributed by atoms with Crippen LogP contribution in [0.15, 0.2) is 34.7 Å². The van der Waals surface area contributed by atoms with Crippen molar-refractivity contribution in [3.63, 3.8) is 0 Å². The molecule has 19 heavy (non-hydrogen) atoms. The van der Waals surface area contributed by atoms with E-state index in [2.05, 4.69) is 4.98 Å². The Hall–Kier alpha value is -1.94. The SMILES string of the molecule is Cc1cc(C(=O)Cc2nc3ccccc3o2)sc1C. The second-order valence-corrected chi connectivity index (χ2v) is 5.78. The molecule has 2 heterocycles. The summed E-state index contributed by atoms with van der Waals surface area (Å²) in [4.78, 5) is 18.4. The maximum Gasteiger partial charge on any atom is 0.203 e. The number of benzene rings is 1. The number of para-hydroxylation sites is 2. The topological polar surface area (TPSA) is 43.1 Å². The predicted octanol–water partition coefficient (Wildman–Crippen LogP) is 3.93. The molecule has 0 fully saturated rings. The highest BCUT2D eigenvalue weighted by Gasteiger charge is 2.15. The Labute approximate surface area is 114 Å². The lowest BCUT2D eigenvalue weighted by atomic mass is 10.2. The summed E-state index contributed by atoms with van der Waals surface area (Å²) in [6, 6.07) is 9.47. The van der Waals surface area contributed by atoms with Gasteiger partial charge in [0.15, 0.2) is 11.4 Å². The molecule has 0 spiro atoms. The fourth-order valence-corrected chi connectivity index (χ4v) is 2.90. The molecule has 0 aliphatic carbocycles. The number of thiophene rings is 1. The third kappa shape index (κ3) is 2.31. The summed E-state index contributed by atoms with van der Waals surface area (Å²) in [6.45, 7) is 4.04. The fraction of sp³-hybridized carbons (Fsp3) is 0.200. The van der Waals surface area contributed by atoms with Crippen molar-refractivity contribution in [2.24, 2.45) is 0 Å². The second-order valence-electron chi connectivity index (χ2n) is 4.53. The highest BCUT2D eigenvalue weighted by atomic mass is 32.1. The van der Waals surface area contributed by atoms with E-state index in [0.29, 0.717) is 5.89 Å². The molecule has 0 N–H and O–H groups in total. The van der Waals surface area contributed by atoms with Gasteiger partial charge in [0, 0.05) is 4.88 Å². The number of carbonyl (C=O) groups is 1. The smallest absolute Gasteiger partial charge is 0.203 e. The molecule has 2 aromatic heterocycles. The van der Waals surface area contributed by atoms with E-state index in [1.165, 1.54) is 16.2 Å². The molecule has 0 bridgehead atoms. The Bertz CT molecular complexity index is 702. The molecular formula is C15H13NO2S. The number of oxazole rings is 1. The Morgan fingerprint density at radius 1 is 1.32 bits per heavy atom. The average Bonchev–Trinajstić information content (AvgIpc) is 2.93. The van der Waals surface area contributed by atoms with Crippen LogP contribution in [-0.4, -0.2) is 10.8 Å². The second kappa shape index (κ2) is 4.63. The number of nitrogens with zero attached hydrogens (tertiary/aromatic N) is 1. The molecule has 0 radical (unpaired) electrons. The van der Waals surface area contributed by atoms with Gasteiger partial charge in [-0.2, -0.15) is 0 Å². The number of rotatable bonds is 3. The number of hydrogen-bond acceptors (Lipinski definition) is 4. The first kappa shape index (κ1) is 12.1. The molecule has 0 unspecified atom stereocenters. The van der Waals surface area contributed by atoms with Crippen molar-refractivity contribution in [1.29, 1.82) is 0 Å². The first-order valence-corrected chi connectivity index (χ1v) is 6.90. The van der Waals surface area contributed by atoms with E-state index in [9.17, 15) is 4.79 Å². The molecule has 0 aliphatic rings. The van der Waals surface area contributed by atoms with Gasteiger partial charge in [-0.05, 0) is 37.6 Å². The number of aromatic nitrogens is 1. The van der Waals surface area contributed by atoms with Gasteiger partial charge >= 0.3 is 0 Å². The highest BCUT2D eigenvalue weighted by Crippen LogP contribution is 2.23. The van der Waals surface area contributed by atoms with Crippen LogP contribution in [0.4, 0.5) is 0 Å². The molecule has 3 nitrogen and oxygen atoms in total. The lowest BCUT2D eigenvalue weighted by Crippen LogP contribution is -2.01. The summed E-state index contributed by atoms with van der Waals surface area (Å²) in [5.41, 5.74) is 2.68. The van der Waals surface area contributed by atoms with Crippen molar-refractivity contribution in [2.75, 3.05) is 0 Å². The van der Waals surface area contributed by atoms with Crippen LogP contribution in [0.25, 0.3) is 11.1 Å². The number of hydrogen-bond donors (Lipinski definition) is 0. The molecule has 4 heteroatoms. The maximum atomic E-state index is 12.2. The van der Waals surface area contributed by atoms with Gasteiger partial charge in [-0.1, -0.05) is 12.1 Å². The molecular weight excluding hydrogens is 258 g/mol. The van der Waals surface area contributed by atoms with Crippen molar-refractivity contribution in [2.45, 2.75) is 20.3 Å². The number of aryl methyl sites for hydroxylation is 2. The van der Waals surface area contributed by atoms with Gasteiger partial charge < -0.3 is 4.42 Å². The van der Waals surface area contributed by atoms with Crippen LogP contribution in [0.1, 0.15) is 26.0 Å². The van der Waals surface area contributed by atoms with Gasteiger partial charge in [-0.3, -0.25) is 4.79 Å². The van der Waals surface area contributed by atoms with E-state index < -0.39 is 0 Å². The van der Waals surface area contributed by atoms with Gasteiger partial charge in [-0.25, -0.2) is 4.98 Å². The van der Waals surface area contributed by atoms with Crippen molar-refractivity contribution in [3.05, 3.63) is 51.5 Å². The van der Waals surface area contributed by atoms with Crippen LogP contribution >= 0.6 is 11.3 Å². The van der Waals surface area contributed by atoms with Crippen LogP contribution in [0.3, 0.4) is 0 Å². The molecule has 96 valence electrons. The zero-order valence-electron chi connectivity index (χ0n) is 10.8. The minimum Gasteiger partial charge on any atom is -0.440 e. The molecule has 0 aliphatic heterocycles. The molecule has 3 rings (SSSR count). The largest absolute Gasteiger partial charge is 0.440 e. The summed E-state index contributed by atoms with van der Waals surface area (Å²) >= 11 is 1.53. The number of Topliss-reactive ketones (excluding diaryl/α,β-unsaturated/α-hetero) is 1. The Kier molecular flexibility index (Phi) is 2.95. The van der Waals surface area contributed by atoms with E-state index in [1.54, 1.807) is 0 Å². The quantitative estimate of drug-likeness (QED) is 0.678. The van der Waals surface area contributed by atoms with Gasteiger partial charge in [0.2, 0.25) is 5.89 Å². The zero-order valence-corrected chi connectivity index (χ0v) is 11.6. The lowest BCUT2D eigenvalue weighted by Gasteiger charge is -1.92. The van der Waals surface area contributed by atoms with Crippen LogP contribution in [0.5, 0.6) is 0 Å². The van der Waals surface area contributed by atoms with Gasteiger partial charge in [-0.15, -0.1) is 11.3 Å². The lowest BCUT2D eigenvalue weighted by molar-refractivity contribution is 0.0990. The number of ketones is 1. The Balaban J connectivity index is 1.86. The van der Waals surface area contributed by atoms with Gasteiger partial charge in [0.25, 0.3) is 0 Å². The monoisotopic (exact) mass is 271 g/mol. The van der Waals surface area contributed by atoms with Crippen LogP contribution in [-0.2, 0) is 6.42 Å². The van der Waals surface area contributed by atoms with Crippen molar-refractivity contribution < 1.29 is 9.21 Å². The summed E-state index contributed by atoms with van der Waals surface area (Å²) in [6.07, 6.45) is 0.216. The van der Waals surface area contributed by atoms with Gasteiger partial charge in [0.1, 0.15) is 5.52 Å². The van der Waals surface area contributed by atoms with E-state index in [4.69, 9.17) is 4.42 Å². The molecule has 3 aromatic rings. The van der Waals surface area contributed by atoms with Gasteiger partial charge in [0.05, 0.1) is 11.3 Å². The number of fused-ring (bicyclic) bond motifs is 1. The average molecular weight is 271 g/mol. The first-order chi connectivity index (χ1) is 9.13. The molecule has 0 saturated heterocycles. The van der Waals surface area contributed by atoms with Crippen molar-refractivity contribution >= 4 is 28.2 Å². The molecule has 0 saturated carbocycles. The summed E-state index contributed by atoms with van der Waals surface area (Å²) < 4.78 is 5.57. The third-order valence-corrected chi connectivity index (χ3v) is 4.28. The Morgan fingerprint density at radius 2 is 2.11 bits per heavy atom. The van der Waals surface area contributed by atoms with Crippen LogP contribution < -0.4 is 0 Å². The van der Waals surface area contributed by atoms with E-state index in [0.717, 1.165) is 21.5 Å². The zero-order chi connectivity index (χ0) is 13.4. The first-order valence-electron chi connectivity index (χ1n) is 6.08. The number of carbonyl (C=O) groups excluding carboxylic acids is 1. The minimum absolute atomic E-state index is 0.0627. The summed E-state index contributed by atoms with van der Waals surface area (Å²) in [5.74, 6) is 0.544. The standard InChI is InChI=1S/C15H13NO2S/c1-9-7-14(19-10(9)2)12(17)8-15-16-11-5-3-4-6-13(11)18-15/h3-7H,8H2,1-2H3. The summed E-state index contributed by atoms with van der Waals surface area (Å²) in [5, 5.41) is 0. The maximum absolute atomic E-state index is 12.2. The van der Waals surface area contributed by atoms with E-state index in [-0.39, 0.29) is 12.2 Å². The van der Waals surface area contributed by atoms with E-state index >= 15 is 0 Å². The normalized spacial score (nSPS) is 11.1. The van der Waals surface area contributed by atoms with Crippen molar-refractivity contribution in [1.82, 2.24) is 4.98 Å². The summed E-state index contributed by atoms with van der Waals surface area (Å²) in [7, 11) is 0. The molecule has 0 amide bonds. The highest BCUT2D eigenvalue weighted by molar-refractivity contribution is 7.14. The van der Waals surface area contributed by atoms with Crippen LogP contribution in [0.2, 0.25) is 0 Å². The fourth-order valence-electron chi connectivity index (χ4n) is 1.93. The third-order valence-electron chi connectivity index (χ3n) is 3.09. The predicted molar refractivity (Wildman–Crippen MR) is 75.8 cm³/mol. The van der Waals surface area contributed by atoms with Crippen LogP contribution in [0, 0.1) is 13.8 Å².